The van der Waals surface area contributed by atoms with Crippen LogP contribution in [0.5, 0.6) is 0 Å². The number of hydrogen-bond donors (Lipinski definition) is 0. The van der Waals surface area contributed by atoms with E-state index in [0.29, 0.717) is 11.8 Å². The monoisotopic (exact) mass is 257 g/mol. The second kappa shape index (κ2) is 4.17. The van der Waals surface area contributed by atoms with E-state index in [9.17, 15) is 4.79 Å². The Bertz CT molecular complexity index is 310. The summed E-state index contributed by atoms with van der Waals surface area (Å²) in [5, 5.41) is 0.847. The number of furan rings is 1. The molecule has 0 aromatic carbocycles. The zero-order chi connectivity index (χ0) is 9.97. The third-order valence-electron chi connectivity index (χ3n) is 2.55. The summed E-state index contributed by atoms with van der Waals surface area (Å²) in [6.07, 6.45) is 3.70. The first-order valence-corrected chi connectivity index (χ1v) is 5.85. The smallest absolute Gasteiger partial charge is 0.289 e. The summed E-state index contributed by atoms with van der Waals surface area (Å²) in [4.78, 5) is 13.8. The topological polar surface area (TPSA) is 33.5 Å². The van der Waals surface area contributed by atoms with Crippen LogP contribution in [0.15, 0.2) is 22.8 Å². The molecule has 0 spiro atoms. The van der Waals surface area contributed by atoms with E-state index in [2.05, 4.69) is 15.9 Å². The van der Waals surface area contributed by atoms with Gasteiger partial charge in [-0.1, -0.05) is 15.9 Å². The predicted octanol–water partition coefficient (Wildman–Crippen LogP) is 2.28. The van der Waals surface area contributed by atoms with Crippen LogP contribution in [0.2, 0.25) is 0 Å². The van der Waals surface area contributed by atoms with Crippen molar-refractivity contribution in [2.45, 2.75) is 18.9 Å². The molecule has 1 saturated heterocycles. The average molecular weight is 258 g/mol. The van der Waals surface area contributed by atoms with Crippen LogP contribution in [0.25, 0.3) is 0 Å². The van der Waals surface area contributed by atoms with Gasteiger partial charge in [-0.25, -0.2) is 0 Å². The highest BCUT2D eigenvalue weighted by atomic mass is 79.9. The lowest BCUT2D eigenvalue weighted by atomic mass is 10.2. The Morgan fingerprint density at radius 3 is 3.21 bits per heavy atom. The van der Waals surface area contributed by atoms with Gasteiger partial charge in [0.2, 0.25) is 0 Å². The van der Waals surface area contributed by atoms with Crippen LogP contribution in [-0.2, 0) is 0 Å². The van der Waals surface area contributed by atoms with Crippen LogP contribution >= 0.6 is 15.9 Å². The number of amides is 1. The van der Waals surface area contributed by atoms with E-state index >= 15 is 0 Å². The highest BCUT2D eigenvalue weighted by Crippen LogP contribution is 2.21. The fourth-order valence-electron chi connectivity index (χ4n) is 1.81. The summed E-state index contributed by atoms with van der Waals surface area (Å²) >= 11 is 3.42. The van der Waals surface area contributed by atoms with Gasteiger partial charge in [0, 0.05) is 17.9 Å². The minimum Gasteiger partial charge on any atom is -0.459 e. The number of halogens is 1. The fourth-order valence-corrected chi connectivity index (χ4v) is 2.48. The van der Waals surface area contributed by atoms with E-state index in [4.69, 9.17) is 4.42 Å². The SMILES string of the molecule is O=C(c1ccco1)N1CCCC1CBr. The summed E-state index contributed by atoms with van der Waals surface area (Å²) in [5.74, 6) is 0.454. The van der Waals surface area contributed by atoms with Crippen LogP contribution in [0.1, 0.15) is 23.4 Å². The Morgan fingerprint density at radius 2 is 2.57 bits per heavy atom. The van der Waals surface area contributed by atoms with Gasteiger partial charge in [-0.2, -0.15) is 0 Å². The average Bonchev–Trinajstić information content (AvgIpc) is 2.87. The number of carbonyl (C=O) groups excluding carboxylic acids is 1. The molecule has 1 aromatic heterocycles. The van der Waals surface area contributed by atoms with E-state index in [1.165, 1.54) is 6.26 Å². The Kier molecular flexibility index (Phi) is 2.91. The molecule has 0 N–H and O–H groups in total. The zero-order valence-electron chi connectivity index (χ0n) is 7.78. The number of carbonyl (C=O) groups is 1. The minimum absolute atomic E-state index is 0.0111. The van der Waals surface area contributed by atoms with Crippen molar-refractivity contribution in [3.8, 4) is 0 Å². The third-order valence-corrected chi connectivity index (χ3v) is 3.30. The van der Waals surface area contributed by atoms with E-state index in [-0.39, 0.29) is 5.91 Å². The third kappa shape index (κ3) is 1.71. The van der Waals surface area contributed by atoms with Crippen LogP contribution in [0.4, 0.5) is 0 Å². The highest BCUT2D eigenvalue weighted by Gasteiger charge is 2.29. The Morgan fingerprint density at radius 1 is 1.71 bits per heavy atom. The zero-order valence-corrected chi connectivity index (χ0v) is 9.37. The maximum Gasteiger partial charge on any atom is 0.289 e. The lowest BCUT2D eigenvalue weighted by Crippen LogP contribution is -2.36. The molecule has 1 fully saturated rings. The van der Waals surface area contributed by atoms with Gasteiger partial charge in [0.25, 0.3) is 5.91 Å². The Labute approximate surface area is 91.2 Å². The van der Waals surface area contributed by atoms with Crippen molar-refractivity contribution in [2.24, 2.45) is 0 Å². The summed E-state index contributed by atoms with van der Waals surface area (Å²) in [7, 11) is 0. The second-order valence-electron chi connectivity index (χ2n) is 3.43. The molecule has 0 radical (unpaired) electrons. The van der Waals surface area contributed by atoms with E-state index in [0.717, 1.165) is 24.7 Å². The molecule has 1 aliphatic rings. The van der Waals surface area contributed by atoms with Crippen LogP contribution in [0, 0.1) is 0 Å². The van der Waals surface area contributed by atoms with Crippen LogP contribution < -0.4 is 0 Å². The molecule has 2 rings (SSSR count). The maximum absolute atomic E-state index is 11.9. The van der Waals surface area contributed by atoms with Gasteiger partial charge in [-0.3, -0.25) is 4.79 Å². The molecule has 0 bridgehead atoms. The second-order valence-corrected chi connectivity index (χ2v) is 4.07. The van der Waals surface area contributed by atoms with Crippen LogP contribution in [-0.4, -0.2) is 28.7 Å². The summed E-state index contributed by atoms with van der Waals surface area (Å²) in [6.45, 7) is 0.843. The van der Waals surface area contributed by atoms with E-state index in [1.54, 1.807) is 12.1 Å². The molecule has 2 heterocycles. The molecule has 0 aliphatic carbocycles. The molecule has 1 unspecified atom stereocenters. The van der Waals surface area contributed by atoms with Crippen molar-refractivity contribution in [1.29, 1.82) is 0 Å². The summed E-state index contributed by atoms with van der Waals surface area (Å²) in [5.41, 5.74) is 0. The summed E-state index contributed by atoms with van der Waals surface area (Å²) < 4.78 is 5.09. The highest BCUT2D eigenvalue weighted by molar-refractivity contribution is 9.09. The first-order valence-electron chi connectivity index (χ1n) is 4.73. The van der Waals surface area contributed by atoms with E-state index in [1.807, 2.05) is 4.90 Å². The van der Waals surface area contributed by atoms with Gasteiger partial charge in [0.1, 0.15) is 0 Å². The molecule has 0 saturated carbocycles. The van der Waals surface area contributed by atoms with Gasteiger partial charge in [0.15, 0.2) is 5.76 Å². The lowest BCUT2D eigenvalue weighted by molar-refractivity contribution is 0.0718. The van der Waals surface area contributed by atoms with Crippen molar-refractivity contribution in [3.63, 3.8) is 0 Å². The molecule has 1 amide bonds. The molecule has 1 aromatic rings. The number of alkyl halides is 1. The van der Waals surface area contributed by atoms with Crippen molar-refractivity contribution in [2.75, 3.05) is 11.9 Å². The fraction of sp³-hybridized carbons (Fsp3) is 0.500. The van der Waals surface area contributed by atoms with Crippen molar-refractivity contribution < 1.29 is 9.21 Å². The molecule has 1 atom stereocenters. The Hall–Kier alpha value is -0.770. The molecule has 76 valence electrons. The number of rotatable bonds is 2. The molecule has 3 nitrogen and oxygen atoms in total. The normalized spacial score (nSPS) is 21.5. The molecule has 1 aliphatic heterocycles. The van der Waals surface area contributed by atoms with Gasteiger partial charge in [-0.05, 0) is 25.0 Å². The largest absolute Gasteiger partial charge is 0.459 e. The molecular weight excluding hydrogens is 246 g/mol. The molecule has 4 heteroatoms. The standard InChI is InChI=1S/C10H12BrNO2/c11-7-8-3-1-5-12(8)10(13)9-4-2-6-14-9/h2,4,6,8H,1,3,5,7H2. The van der Waals surface area contributed by atoms with Crippen molar-refractivity contribution in [3.05, 3.63) is 24.2 Å². The first kappa shape index (κ1) is 9.77. The van der Waals surface area contributed by atoms with Gasteiger partial charge in [0.05, 0.1) is 6.26 Å². The maximum atomic E-state index is 11.9. The minimum atomic E-state index is 0.0111. The van der Waals surface area contributed by atoms with Gasteiger partial charge >= 0.3 is 0 Å². The number of nitrogens with zero attached hydrogens (tertiary/aromatic N) is 1. The van der Waals surface area contributed by atoms with Gasteiger partial charge < -0.3 is 9.32 Å². The molecule has 14 heavy (non-hydrogen) atoms. The Balaban J connectivity index is 2.11. The van der Waals surface area contributed by atoms with Crippen molar-refractivity contribution in [1.82, 2.24) is 4.90 Å². The summed E-state index contributed by atoms with van der Waals surface area (Å²) in [6, 6.07) is 3.78. The number of likely N-dealkylation sites (tertiary alicyclic amines) is 1. The predicted molar refractivity (Wildman–Crippen MR) is 56.6 cm³/mol. The van der Waals surface area contributed by atoms with Crippen molar-refractivity contribution >= 4 is 21.8 Å². The van der Waals surface area contributed by atoms with Crippen LogP contribution in [0.3, 0.4) is 0 Å². The van der Waals surface area contributed by atoms with Gasteiger partial charge in [-0.15, -0.1) is 0 Å². The van der Waals surface area contributed by atoms with E-state index < -0.39 is 0 Å². The quantitative estimate of drug-likeness (QED) is 0.762. The first-order chi connectivity index (χ1) is 6.83. The lowest BCUT2D eigenvalue weighted by Gasteiger charge is -2.21. The number of hydrogen-bond acceptors (Lipinski definition) is 2. The molecular formula is C10H12BrNO2.